The maximum atomic E-state index is 10.3. The highest BCUT2D eigenvalue weighted by molar-refractivity contribution is 5.08. The van der Waals surface area contributed by atoms with Crippen LogP contribution in [0, 0.1) is 58.2 Å². The summed E-state index contributed by atoms with van der Waals surface area (Å²) in [4.78, 5) is 0. The molecule has 0 amide bonds. The van der Waals surface area contributed by atoms with Crippen molar-refractivity contribution in [3.8, 4) is 0 Å². The van der Waals surface area contributed by atoms with Crippen LogP contribution in [0.15, 0.2) is 0 Å². The Morgan fingerprint density at radius 1 is 0.839 bits per heavy atom. The molecule has 0 spiro atoms. The number of hydrogen-bond acceptors (Lipinski definition) is 1. The first-order valence-electron chi connectivity index (χ1n) is 14.4. The van der Waals surface area contributed by atoms with Crippen LogP contribution in [-0.2, 0) is 0 Å². The third-order valence-corrected chi connectivity index (χ3v) is 12.1. The average Bonchev–Trinajstić information content (AvgIpc) is 2.73. The minimum atomic E-state index is -0.0128. The fraction of sp³-hybridized carbons (Fsp3) is 1.00. The monoisotopic (exact) mass is 430 g/mol. The van der Waals surface area contributed by atoms with E-state index in [2.05, 4.69) is 41.5 Å². The third-order valence-electron chi connectivity index (χ3n) is 12.1. The molecule has 0 saturated heterocycles. The number of aliphatic hydroxyl groups excluding tert-OH is 1. The van der Waals surface area contributed by atoms with Crippen molar-refractivity contribution >= 4 is 0 Å². The summed E-state index contributed by atoms with van der Waals surface area (Å²) >= 11 is 0. The van der Waals surface area contributed by atoms with E-state index in [0.717, 1.165) is 60.2 Å². The van der Waals surface area contributed by atoms with E-state index in [-0.39, 0.29) is 6.10 Å². The smallest absolute Gasteiger partial charge is 0.0543 e. The molecule has 6 unspecified atom stereocenters. The quantitative estimate of drug-likeness (QED) is 0.448. The van der Waals surface area contributed by atoms with Crippen molar-refractivity contribution < 1.29 is 5.11 Å². The van der Waals surface area contributed by atoms with Crippen LogP contribution in [0.5, 0.6) is 0 Å². The Labute approximate surface area is 194 Å². The van der Waals surface area contributed by atoms with Gasteiger partial charge in [0.05, 0.1) is 6.10 Å². The zero-order valence-corrected chi connectivity index (χ0v) is 21.8. The molecule has 1 nitrogen and oxygen atoms in total. The van der Waals surface area contributed by atoms with Gasteiger partial charge in [0.15, 0.2) is 0 Å². The molecule has 180 valence electrons. The molecule has 0 aromatic rings. The van der Waals surface area contributed by atoms with Gasteiger partial charge in [-0.25, -0.2) is 0 Å². The molecule has 4 aliphatic carbocycles. The van der Waals surface area contributed by atoms with Gasteiger partial charge in [0.25, 0.3) is 0 Å². The van der Waals surface area contributed by atoms with Crippen LogP contribution in [0.25, 0.3) is 0 Å². The van der Waals surface area contributed by atoms with Gasteiger partial charge in [-0.05, 0) is 122 Å². The van der Waals surface area contributed by atoms with Gasteiger partial charge < -0.3 is 5.11 Å². The fourth-order valence-corrected chi connectivity index (χ4v) is 10.1. The van der Waals surface area contributed by atoms with E-state index in [0.29, 0.717) is 10.8 Å². The van der Waals surface area contributed by atoms with Gasteiger partial charge in [-0.3, -0.25) is 0 Å². The maximum Gasteiger partial charge on any atom is 0.0543 e. The fourth-order valence-electron chi connectivity index (χ4n) is 10.1. The average molecular weight is 431 g/mol. The van der Waals surface area contributed by atoms with Gasteiger partial charge in [-0.2, -0.15) is 0 Å². The molecule has 4 rings (SSSR count). The summed E-state index contributed by atoms with van der Waals surface area (Å²) in [6, 6.07) is 0. The second-order valence-electron chi connectivity index (χ2n) is 13.6. The highest BCUT2D eigenvalue weighted by Crippen LogP contribution is 2.67. The van der Waals surface area contributed by atoms with Crippen molar-refractivity contribution in [3.63, 3.8) is 0 Å². The van der Waals surface area contributed by atoms with E-state index < -0.39 is 0 Å². The van der Waals surface area contributed by atoms with E-state index in [1.54, 1.807) is 0 Å². The zero-order chi connectivity index (χ0) is 22.4. The summed E-state index contributed by atoms with van der Waals surface area (Å²) in [6.45, 7) is 15.3. The molecular weight excluding hydrogens is 376 g/mol. The van der Waals surface area contributed by atoms with Crippen LogP contribution in [0.4, 0.5) is 0 Å². The van der Waals surface area contributed by atoms with Crippen LogP contribution in [0.1, 0.15) is 125 Å². The molecule has 4 fully saturated rings. The lowest BCUT2D eigenvalue weighted by Crippen LogP contribution is -2.57. The van der Waals surface area contributed by atoms with E-state index >= 15 is 0 Å². The van der Waals surface area contributed by atoms with Gasteiger partial charge >= 0.3 is 0 Å². The van der Waals surface area contributed by atoms with Crippen molar-refractivity contribution in [2.45, 2.75) is 131 Å². The molecule has 4 aliphatic rings. The van der Waals surface area contributed by atoms with Gasteiger partial charge in [0.1, 0.15) is 0 Å². The van der Waals surface area contributed by atoms with Crippen molar-refractivity contribution in [2.75, 3.05) is 0 Å². The maximum absolute atomic E-state index is 10.3. The Bertz CT molecular complexity index is 597. The lowest BCUT2D eigenvalue weighted by Gasteiger charge is -2.64. The topological polar surface area (TPSA) is 20.2 Å². The standard InChI is InChI=1S/C30H54O/c1-7-22(20(2)3)12-11-21(4)26-9-8-10-27-25-14-13-23-19-24(31)15-17-29(23,5)28(25)16-18-30(26,27)6/h20-28,31H,7-19H2,1-6H3/t21-,22-,23?,24?,25?,26?,27?,28?,29+,30-/m1/s1. The Morgan fingerprint density at radius 2 is 1.55 bits per heavy atom. The Balaban J connectivity index is 1.48. The number of hydrogen-bond donors (Lipinski definition) is 1. The SMILES string of the molecule is CC[C@H](CC[C@@H](C)C1CCCC2C3CCC4CC(O)CC[C@]4(C)C3CC[C@@]21C)C(C)C. The van der Waals surface area contributed by atoms with Gasteiger partial charge in [-0.15, -0.1) is 0 Å². The number of aliphatic hydroxyl groups is 1. The second-order valence-corrected chi connectivity index (χ2v) is 13.6. The molecule has 0 heterocycles. The Morgan fingerprint density at radius 3 is 2.26 bits per heavy atom. The first kappa shape index (κ1) is 24.1. The first-order valence-corrected chi connectivity index (χ1v) is 14.4. The molecule has 0 aromatic heterocycles. The van der Waals surface area contributed by atoms with E-state index in [4.69, 9.17) is 0 Å². The first-order chi connectivity index (χ1) is 14.7. The number of rotatable bonds is 6. The number of fused-ring (bicyclic) bond motifs is 5. The van der Waals surface area contributed by atoms with Crippen LogP contribution in [0.2, 0.25) is 0 Å². The van der Waals surface area contributed by atoms with Gasteiger partial charge in [0.2, 0.25) is 0 Å². The highest BCUT2D eigenvalue weighted by atomic mass is 16.3. The largest absolute Gasteiger partial charge is 0.393 e. The molecule has 1 heteroatoms. The normalized spacial score (nSPS) is 47.2. The summed E-state index contributed by atoms with van der Waals surface area (Å²) in [5.74, 6) is 7.30. The minimum Gasteiger partial charge on any atom is -0.393 e. The van der Waals surface area contributed by atoms with Gasteiger partial charge in [0, 0.05) is 0 Å². The molecule has 31 heavy (non-hydrogen) atoms. The summed E-state index contributed by atoms with van der Waals surface area (Å²) in [6.07, 6.45) is 18.0. The molecule has 4 saturated carbocycles. The van der Waals surface area contributed by atoms with Crippen LogP contribution >= 0.6 is 0 Å². The van der Waals surface area contributed by atoms with Gasteiger partial charge in [-0.1, -0.05) is 60.8 Å². The summed E-state index contributed by atoms with van der Waals surface area (Å²) in [5, 5.41) is 10.3. The Kier molecular flexibility index (Phi) is 7.23. The van der Waals surface area contributed by atoms with Crippen LogP contribution < -0.4 is 0 Å². The zero-order valence-electron chi connectivity index (χ0n) is 21.8. The second kappa shape index (κ2) is 9.31. The van der Waals surface area contributed by atoms with Crippen LogP contribution in [-0.4, -0.2) is 11.2 Å². The third kappa shape index (κ3) is 4.28. The molecular formula is C30H54O. The Hall–Kier alpha value is -0.0400. The van der Waals surface area contributed by atoms with E-state index in [9.17, 15) is 5.11 Å². The molecule has 1 N–H and O–H groups in total. The predicted molar refractivity (Wildman–Crippen MR) is 133 cm³/mol. The van der Waals surface area contributed by atoms with E-state index in [1.165, 1.54) is 70.6 Å². The molecule has 0 radical (unpaired) electrons. The molecule has 0 aliphatic heterocycles. The summed E-state index contributed by atoms with van der Waals surface area (Å²) in [5.41, 5.74) is 1.11. The predicted octanol–water partition coefficient (Wildman–Crippen LogP) is 8.49. The van der Waals surface area contributed by atoms with Crippen molar-refractivity contribution in [3.05, 3.63) is 0 Å². The van der Waals surface area contributed by atoms with Crippen molar-refractivity contribution in [1.82, 2.24) is 0 Å². The van der Waals surface area contributed by atoms with Crippen molar-refractivity contribution in [2.24, 2.45) is 58.2 Å². The van der Waals surface area contributed by atoms with Crippen molar-refractivity contribution in [1.29, 1.82) is 0 Å². The van der Waals surface area contributed by atoms with Crippen LogP contribution in [0.3, 0.4) is 0 Å². The molecule has 10 atom stereocenters. The molecule has 0 aromatic carbocycles. The lowest BCUT2D eigenvalue weighted by molar-refractivity contribution is -0.157. The summed E-state index contributed by atoms with van der Waals surface area (Å²) in [7, 11) is 0. The molecule has 0 bridgehead atoms. The minimum absolute atomic E-state index is 0.0128. The highest BCUT2D eigenvalue weighted by Gasteiger charge is 2.59. The summed E-state index contributed by atoms with van der Waals surface area (Å²) < 4.78 is 0. The van der Waals surface area contributed by atoms with E-state index in [1.807, 2.05) is 0 Å². The lowest BCUT2D eigenvalue weighted by atomic mass is 9.41.